The first kappa shape index (κ1) is 15.1. The van der Waals surface area contributed by atoms with Crippen molar-refractivity contribution in [3.63, 3.8) is 0 Å². The van der Waals surface area contributed by atoms with Gasteiger partial charge in [-0.05, 0) is 26.8 Å². The van der Waals surface area contributed by atoms with Crippen LogP contribution < -0.4 is 5.32 Å². The number of amides is 2. The maximum Gasteiger partial charge on any atom is 0.412 e. The van der Waals surface area contributed by atoms with Crippen molar-refractivity contribution in [1.82, 2.24) is 10.2 Å². The standard InChI is InChI=1S/C12H15N3O3S/c1-12(2,3)18-11(17)15(7-5-13)9-8(19)4-6-14-10(9)16/h4,6,9H,7H2,1-3H3,(H,14,16). The van der Waals surface area contributed by atoms with Gasteiger partial charge in [0, 0.05) is 11.1 Å². The molecule has 1 aliphatic rings. The van der Waals surface area contributed by atoms with E-state index in [0.717, 1.165) is 4.90 Å². The Kier molecular flexibility index (Phi) is 4.62. The zero-order valence-electron chi connectivity index (χ0n) is 11.0. The molecule has 0 aromatic carbocycles. The predicted molar refractivity (Wildman–Crippen MR) is 72.2 cm³/mol. The minimum absolute atomic E-state index is 0.268. The van der Waals surface area contributed by atoms with Gasteiger partial charge >= 0.3 is 6.09 Å². The molecule has 1 rings (SSSR count). The van der Waals surface area contributed by atoms with Crippen molar-refractivity contribution in [3.8, 4) is 6.07 Å². The first-order chi connectivity index (χ1) is 8.76. The maximum absolute atomic E-state index is 12.0. The molecule has 0 fully saturated rings. The van der Waals surface area contributed by atoms with E-state index in [2.05, 4.69) is 5.32 Å². The molecule has 1 aliphatic heterocycles. The van der Waals surface area contributed by atoms with Crippen molar-refractivity contribution in [2.75, 3.05) is 6.54 Å². The average Bonchev–Trinajstić information content (AvgIpc) is 2.25. The van der Waals surface area contributed by atoms with Crippen LogP contribution in [0.3, 0.4) is 0 Å². The second-order valence-corrected chi connectivity index (χ2v) is 5.38. The summed E-state index contributed by atoms with van der Waals surface area (Å²) in [6.45, 7) is 4.83. The van der Waals surface area contributed by atoms with Gasteiger partial charge in [0.25, 0.3) is 5.91 Å². The summed E-state index contributed by atoms with van der Waals surface area (Å²) >= 11 is 5.05. The van der Waals surface area contributed by atoms with Gasteiger partial charge in [-0.1, -0.05) is 12.2 Å². The van der Waals surface area contributed by atoms with Crippen molar-refractivity contribution in [2.45, 2.75) is 32.4 Å². The average molecular weight is 281 g/mol. The molecular formula is C12H15N3O3S. The zero-order chi connectivity index (χ0) is 14.6. The highest BCUT2D eigenvalue weighted by Crippen LogP contribution is 2.14. The minimum Gasteiger partial charge on any atom is -0.444 e. The summed E-state index contributed by atoms with van der Waals surface area (Å²) in [6, 6.07) is 0.843. The molecule has 1 N–H and O–H groups in total. The SMILES string of the molecule is CC(C)(C)OC(=O)N(CC#N)C1C(=O)NC=CC1=S. The van der Waals surface area contributed by atoms with Crippen molar-refractivity contribution in [2.24, 2.45) is 0 Å². The molecule has 1 unspecified atom stereocenters. The van der Waals surface area contributed by atoms with E-state index in [1.54, 1.807) is 20.8 Å². The number of hydrogen-bond donors (Lipinski definition) is 1. The summed E-state index contributed by atoms with van der Waals surface area (Å²) in [5, 5.41) is 11.2. The third-order valence-corrected chi connectivity index (χ3v) is 2.53. The van der Waals surface area contributed by atoms with E-state index in [0.29, 0.717) is 0 Å². The lowest BCUT2D eigenvalue weighted by Crippen LogP contribution is -2.55. The van der Waals surface area contributed by atoms with E-state index in [1.807, 2.05) is 6.07 Å². The summed E-state index contributed by atoms with van der Waals surface area (Å²) in [4.78, 5) is 25.1. The Bertz CT molecular complexity index is 474. The van der Waals surface area contributed by atoms with Gasteiger partial charge < -0.3 is 10.1 Å². The molecule has 6 nitrogen and oxygen atoms in total. The lowest BCUT2D eigenvalue weighted by Gasteiger charge is -2.31. The van der Waals surface area contributed by atoms with Gasteiger partial charge in [0.1, 0.15) is 12.1 Å². The van der Waals surface area contributed by atoms with Crippen LogP contribution in [0.4, 0.5) is 4.79 Å². The van der Waals surface area contributed by atoms with Crippen LogP contribution in [-0.2, 0) is 9.53 Å². The predicted octanol–water partition coefficient (Wildman–Crippen LogP) is 1.13. The smallest absolute Gasteiger partial charge is 0.412 e. The second-order valence-electron chi connectivity index (χ2n) is 4.91. The van der Waals surface area contributed by atoms with E-state index in [1.165, 1.54) is 12.3 Å². The molecule has 102 valence electrons. The van der Waals surface area contributed by atoms with Gasteiger partial charge in [0.15, 0.2) is 6.04 Å². The number of thiocarbonyl (C=S) groups is 1. The first-order valence-electron chi connectivity index (χ1n) is 5.63. The van der Waals surface area contributed by atoms with Crippen molar-refractivity contribution < 1.29 is 14.3 Å². The first-order valence-corrected chi connectivity index (χ1v) is 6.04. The van der Waals surface area contributed by atoms with Crippen LogP contribution in [0.15, 0.2) is 12.3 Å². The molecule has 0 saturated carbocycles. The van der Waals surface area contributed by atoms with Crippen LogP contribution in [0.2, 0.25) is 0 Å². The van der Waals surface area contributed by atoms with E-state index in [4.69, 9.17) is 22.2 Å². The Hall–Kier alpha value is -1.94. The lowest BCUT2D eigenvalue weighted by molar-refractivity contribution is -0.123. The number of hydrogen-bond acceptors (Lipinski definition) is 5. The fourth-order valence-electron chi connectivity index (χ4n) is 1.46. The number of carbonyl (C=O) groups excluding carboxylic acids is 2. The largest absolute Gasteiger partial charge is 0.444 e. The van der Waals surface area contributed by atoms with Gasteiger partial charge in [0.05, 0.1) is 6.07 Å². The molecular weight excluding hydrogens is 266 g/mol. The molecule has 0 saturated heterocycles. The third kappa shape index (κ3) is 4.03. The van der Waals surface area contributed by atoms with Crippen LogP contribution in [-0.4, -0.2) is 40.0 Å². The van der Waals surface area contributed by atoms with Gasteiger partial charge in [0.2, 0.25) is 0 Å². The summed E-state index contributed by atoms with van der Waals surface area (Å²) in [5.41, 5.74) is -0.715. The number of ether oxygens (including phenoxy) is 1. The van der Waals surface area contributed by atoms with Crippen molar-refractivity contribution in [1.29, 1.82) is 5.26 Å². The summed E-state index contributed by atoms with van der Waals surface area (Å²) in [6.07, 6.45) is 2.17. The van der Waals surface area contributed by atoms with Crippen molar-refractivity contribution >= 4 is 29.1 Å². The monoisotopic (exact) mass is 281 g/mol. The van der Waals surface area contributed by atoms with E-state index >= 15 is 0 Å². The quantitative estimate of drug-likeness (QED) is 0.606. The summed E-state index contributed by atoms with van der Waals surface area (Å²) in [5.74, 6) is -0.450. The molecule has 1 heterocycles. The second kappa shape index (κ2) is 5.80. The highest BCUT2D eigenvalue weighted by Gasteiger charge is 2.36. The number of nitrogens with one attached hydrogen (secondary N) is 1. The molecule has 0 bridgehead atoms. The third-order valence-electron chi connectivity index (χ3n) is 2.17. The van der Waals surface area contributed by atoms with E-state index in [9.17, 15) is 9.59 Å². The number of nitrogens with zero attached hydrogens (tertiary/aromatic N) is 2. The molecule has 19 heavy (non-hydrogen) atoms. The van der Waals surface area contributed by atoms with Gasteiger partial charge in [-0.25, -0.2) is 4.79 Å². The summed E-state index contributed by atoms with van der Waals surface area (Å²) < 4.78 is 5.17. The van der Waals surface area contributed by atoms with Crippen molar-refractivity contribution in [3.05, 3.63) is 12.3 Å². The van der Waals surface area contributed by atoms with Gasteiger partial charge in [-0.3, -0.25) is 9.69 Å². The molecule has 2 amide bonds. The Morgan fingerprint density at radius 1 is 1.63 bits per heavy atom. The molecule has 1 atom stereocenters. The van der Waals surface area contributed by atoms with Gasteiger partial charge in [-0.15, -0.1) is 0 Å². The topological polar surface area (TPSA) is 82.4 Å². The van der Waals surface area contributed by atoms with Crippen LogP contribution in [0.1, 0.15) is 20.8 Å². The maximum atomic E-state index is 12.0. The molecule has 0 aliphatic carbocycles. The Balaban J connectivity index is 2.97. The van der Waals surface area contributed by atoms with E-state index < -0.39 is 23.6 Å². The minimum atomic E-state index is -0.991. The zero-order valence-corrected chi connectivity index (χ0v) is 11.8. The van der Waals surface area contributed by atoms with Gasteiger partial charge in [-0.2, -0.15) is 5.26 Å². The fraction of sp³-hybridized carbons (Fsp3) is 0.500. The number of carbonyl (C=O) groups is 2. The number of nitriles is 1. The van der Waals surface area contributed by atoms with Crippen LogP contribution in [0.25, 0.3) is 0 Å². The Labute approximate surface area is 117 Å². The lowest BCUT2D eigenvalue weighted by atomic mass is 10.1. The van der Waals surface area contributed by atoms with Crippen LogP contribution in [0, 0.1) is 11.3 Å². The fourth-order valence-corrected chi connectivity index (χ4v) is 1.76. The highest BCUT2D eigenvalue weighted by molar-refractivity contribution is 7.81. The Morgan fingerprint density at radius 2 is 2.26 bits per heavy atom. The molecule has 0 radical (unpaired) electrons. The summed E-state index contributed by atoms with van der Waals surface area (Å²) in [7, 11) is 0. The molecule has 0 spiro atoms. The Morgan fingerprint density at radius 3 is 2.74 bits per heavy atom. The highest BCUT2D eigenvalue weighted by atomic mass is 32.1. The van der Waals surface area contributed by atoms with Crippen LogP contribution in [0.5, 0.6) is 0 Å². The normalized spacial score (nSPS) is 18.5. The molecule has 0 aromatic heterocycles. The number of rotatable bonds is 2. The van der Waals surface area contributed by atoms with E-state index in [-0.39, 0.29) is 11.4 Å². The molecule has 7 heteroatoms. The van der Waals surface area contributed by atoms with Crippen LogP contribution >= 0.6 is 12.2 Å². The molecule has 0 aromatic rings.